The average Bonchev–Trinajstić information content (AvgIpc) is 3.36. The van der Waals surface area contributed by atoms with Crippen molar-refractivity contribution in [2.45, 2.75) is 88.7 Å². The number of thioether (sulfide) groups is 1. The van der Waals surface area contributed by atoms with Crippen LogP contribution in [-0.4, -0.2) is 88.5 Å². The highest BCUT2D eigenvalue weighted by atomic mass is 32.2. The van der Waals surface area contributed by atoms with E-state index in [9.17, 15) is 14.0 Å². The number of fused-ring (bicyclic) bond motifs is 1. The van der Waals surface area contributed by atoms with Crippen molar-refractivity contribution in [2.24, 2.45) is 16.0 Å². The molecule has 3 atom stereocenters. The molecule has 1 aromatic rings. The number of aromatic nitrogens is 1. The molecule has 3 unspecified atom stereocenters. The Morgan fingerprint density at radius 2 is 2.00 bits per heavy atom. The predicted octanol–water partition coefficient (Wildman–Crippen LogP) is 4.85. The van der Waals surface area contributed by atoms with E-state index in [0.717, 1.165) is 62.1 Å². The van der Waals surface area contributed by atoms with Gasteiger partial charge in [0.15, 0.2) is 6.29 Å². The molecule has 12 heteroatoms. The van der Waals surface area contributed by atoms with Crippen LogP contribution in [0.15, 0.2) is 46.7 Å². The van der Waals surface area contributed by atoms with Gasteiger partial charge in [-0.1, -0.05) is 24.3 Å². The van der Waals surface area contributed by atoms with E-state index < -0.39 is 17.3 Å². The Kier molecular flexibility index (Phi) is 10.3. The van der Waals surface area contributed by atoms with Gasteiger partial charge in [0, 0.05) is 18.4 Å². The topological polar surface area (TPSA) is 115 Å². The van der Waals surface area contributed by atoms with Crippen molar-refractivity contribution in [3.05, 3.63) is 47.9 Å². The summed E-state index contributed by atoms with van der Waals surface area (Å²) in [6.45, 7) is 3.80. The van der Waals surface area contributed by atoms with E-state index in [-0.39, 0.29) is 41.7 Å². The number of hydrazone groups is 1. The molecular formula is C33H42FN5O5S. The third kappa shape index (κ3) is 7.66. The SMILES string of the molecule is CC12C=CC=CC1C(C(=O)N=C1CCC(NC(=O)c3cc(F)cnc3OC3CCSCC3)CC1)=NN2CCOC1CCCCO1. The van der Waals surface area contributed by atoms with Gasteiger partial charge in [-0.3, -0.25) is 14.6 Å². The summed E-state index contributed by atoms with van der Waals surface area (Å²) in [7, 11) is 0. The van der Waals surface area contributed by atoms with Crippen LogP contribution in [0.5, 0.6) is 5.88 Å². The lowest BCUT2D eigenvalue weighted by Crippen LogP contribution is -2.46. The molecule has 4 heterocycles. The molecule has 5 aliphatic rings. The van der Waals surface area contributed by atoms with Gasteiger partial charge in [-0.15, -0.1) is 0 Å². The number of rotatable bonds is 9. The highest BCUT2D eigenvalue weighted by Gasteiger charge is 2.47. The van der Waals surface area contributed by atoms with E-state index in [4.69, 9.17) is 19.3 Å². The minimum Gasteiger partial charge on any atom is -0.474 e. The van der Waals surface area contributed by atoms with E-state index in [0.29, 0.717) is 44.5 Å². The monoisotopic (exact) mass is 639 g/mol. The first-order chi connectivity index (χ1) is 21.9. The Hall–Kier alpha value is -3.09. The van der Waals surface area contributed by atoms with Crippen LogP contribution in [-0.2, 0) is 14.3 Å². The van der Waals surface area contributed by atoms with Crippen LogP contribution in [0.25, 0.3) is 0 Å². The molecule has 1 N–H and O–H groups in total. The Balaban J connectivity index is 1.04. The summed E-state index contributed by atoms with van der Waals surface area (Å²) in [6, 6.07) is 1.06. The summed E-state index contributed by atoms with van der Waals surface area (Å²) in [4.78, 5) is 35.3. The van der Waals surface area contributed by atoms with Crippen LogP contribution in [0.2, 0.25) is 0 Å². The first-order valence-electron chi connectivity index (χ1n) is 16.2. The normalized spacial score (nSPS) is 28.4. The van der Waals surface area contributed by atoms with Crippen LogP contribution < -0.4 is 10.1 Å². The van der Waals surface area contributed by atoms with E-state index in [2.05, 4.69) is 28.3 Å². The Morgan fingerprint density at radius 3 is 2.78 bits per heavy atom. The van der Waals surface area contributed by atoms with Gasteiger partial charge in [0.2, 0.25) is 5.88 Å². The summed E-state index contributed by atoms with van der Waals surface area (Å²) in [5.74, 6) is 0.647. The van der Waals surface area contributed by atoms with Crippen molar-refractivity contribution in [1.29, 1.82) is 0 Å². The number of hydrogen-bond acceptors (Lipinski definition) is 9. The van der Waals surface area contributed by atoms with Crippen molar-refractivity contribution in [3.8, 4) is 5.88 Å². The first-order valence-corrected chi connectivity index (χ1v) is 17.3. The minimum atomic E-state index is -0.582. The first kappa shape index (κ1) is 31.9. The second kappa shape index (κ2) is 14.6. The molecule has 0 aromatic carbocycles. The van der Waals surface area contributed by atoms with Crippen LogP contribution in [0.1, 0.15) is 75.1 Å². The summed E-state index contributed by atoms with van der Waals surface area (Å²) < 4.78 is 31.7. The van der Waals surface area contributed by atoms with Crippen molar-refractivity contribution in [2.75, 3.05) is 31.3 Å². The molecule has 242 valence electrons. The van der Waals surface area contributed by atoms with Crippen LogP contribution in [0.4, 0.5) is 4.39 Å². The fourth-order valence-corrected chi connectivity index (χ4v) is 7.59. The zero-order valence-electron chi connectivity index (χ0n) is 25.8. The predicted molar refractivity (Wildman–Crippen MR) is 171 cm³/mol. The molecule has 6 rings (SSSR count). The quantitative estimate of drug-likeness (QED) is 0.408. The Bertz CT molecular complexity index is 1360. The number of carbonyl (C=O) groups is 2. The molecule has 0 bridgehead atoms. The van der Waals surface area contributed by atoms with Gasteiger partial charge in [-0.25, -0.2) is 14.4 Å². The van der Waals surface area contributed by atoms with Gasteiger partial charge in [-0.2, -0.15) is 16.9 Å². The van der Waals surface area contributed by atoms with E-state index >= 15 is 0 Å². The van der Waals surface area contributed by atoms with Gasteiger partial charge in [0.25, 0.3) is 11.8 Å². The molecule has 2 saturated heterocycles. The third-order valence-electron chi connectivity index (χ3n) is 9.19. The maximum atomic E-state index is 14.1. The van der Waals surface area contributed by atoms with E-state index in [1.165, 1.54) is 6.07 Å². The van der Waals surface area contributed by atoms with Gasteiger partial charge in [-0.05, 0) is 82.3 Å². The number of nitrogens with zero attached hydrogens (tertiary/aromatic N) is 4. The maximum absolute atomic E-state index is 14.1. The van der Waals surface area contributed by atoms with Gasteiger partial charge in [0.05, 0.1) is 30.8 Å². The molecular weight excluding hydrogens is 597 g/mol. The van der Waals surface area contributed by atoms with E-state index in [1.807, 2.05) is 35.0 Å². The molecule has 0 radical (unpaired) electrons. The van der Waals surface area contributed by atoms with Crippen LogP contribution in [0.3, 0.4) is 0 Å². The number of ether oxygens (including phenoxy) is 3. The number of hydrogen-bond donors (Lipinski definition) is 1. The number of carbonyl (C=O) groups excluding carboxylic acids is 2. The zero-order valence-corrected chi connectivity index (χ0v) is 26.6. The molecule has 3 fully saturated rings. The van der Waals surface area contributed by atoms with Crippen LogP contribution >= 0.6 is 11.8 Å². The van der Waals surface area contributed by atoms with E-state index in [1.54, 1.807) is 0 Å². The summed E-state index contributed by atoms with van der Waals surface area (Å²) >= 11 is 1.87. The molecule has 3 aliphatic heterocycles. The van der Waals surface area contributed by atoms with Crippen molar-refractivity contribution < 1.29 is 28.2 Å². The Labute approximate surface area is 267 Å². The minimum absolute atomic E-state index is 0.0271. The standard InChI is InChI=1S/C33H42FN5O5S/c1-33-14-4-2-6-27(33)29(38-39(33)15-17-43-28-7-3-5-16-42-28)31(41)37-24-10-8-23(9-11-24)36-30(40)26-20-22(34)21-35-32(26)44-25-12-18-45-19-13-25/h2,4,6,14,20-21,23,25,27-28H,3,5,7-13,15-19H2,1H3,(H,36,40). The fourth-order valence-electron chi connectivity index (χ4n) is 6.52. The number of allylic oxidation sites excluding steroid dienone is 2. The van der Waals surface area contributed by atoms with Crippen LogP contribution in [0, 0.1) is 11.7 Å². The summed E-state index contributed by atoms with van der Waals surface area (Å²) in [5, 5.41) is 9.72. The number of aliphatic imine (C=N–C) groups is 1. The van der Waals surface area contributed by atoms with Gasteiger partial charge in [0.1, 0.15) is 23.2 Å². The van der Waals surface area contributed by atoms with Gasteiger partial charge >= 0.3 is 0 Å². The number of pyridine rings is 1. The third-order valence-corrected chi connectivity index (χ3v) is 10.2. The molecule has 10 nitrogen and oxygen atoms in total. The Morgan fingerprint density at radius 1 is 1.18 bits per heavy atom. The average molecular weight is 640 g/mol. The molecule has 1 saturated carbocycles. The molecule has 45 heavy (non-hydrogen) atoms. The largest absolute Gasteiger partial charge is 0.474 e. The lowest BCUT2D eigenvalue weighted by molar-refractivity contribution is -0.165. The molecule has 1 aromatic heterocycles. The lowest BCUT2D eigenvalue weighted by Gasteiger charge is -2.37. The fraction of sp³-hybridized carbons (Fsp3) is 0.606. The molecule has 2 aliphatic carbocycles. The highest BCUT2D eigenvalue weighted by molar-refractivity contribution is 7.99. The molecule has 0 spiro atoms. The second-order valence-electron chi connectivity index (χ2n) is 12.4. The number of halogens is 1. The second-order valence-corrected chi connectivity index (χ2v) is 13.6. The smallest absolute Gasteiger partial charge is 0.293 e. The van der Waals surface area contributed by atoms with Crippen molar-refractivity contribution >= 4 is 35.0 Å². The number of amides is 2. The molecule has 2 amide bonds. The van der Waals surface area contributed by atoms with Crippen molar-refractivity contribution in [1.82, 2.24) is 15.3 Å². The lowest BCUT2D eigenvalue weighted by atomic mass is 9.79. The zero-order chi connectivity index (χ0) is 31.2. The van der Waals surface area contributed by atoms with Crippen molar-refractivity contribution in [3.63, 3.8) is 0 Å². The maximum Gasteiger partial charge on any atom is 0.293 e. The summed E-state index contributed by atoms with van der Waals surface area (Å²) in [6.07, 6.45) is 16.1. The summed E-state index contributed by atoms with van der Waals surface area (Å²) in [5.41, 5.74) is 0.870. The highest BCUT2D eigenvalue weighted by Crippen LogP contribution is 2.38. The van der Waals surface area contributed by atoms with Gasteiger partial charge < -0.3 is 19.5 Å². The number of nitrogens with one attached hydrogen (secondary N) is 1.